The molecule has 2 aromatic carbocycles. The number of hydrogen-bond acceptors (Lipinski definition) is 3. The number of hydrogen-bond donors (Lipinski definition) is 1. The zero-order valence-electron chi connectivity index (χ0n) is 15.9. The maximum atomic E-state index is 12.9. The number of aryl methyl sites for hydroxylation is 1. The van der Waals surface area contributed by atoms with Crippen molar-refractivity contribution in [3.05, 3.63) is 64.7 Å². The molecule has 0 bridgehead atoms. The van der Waals surface area contributed by atoms with Gasteiger partial charge in [-0.15, -0.1) is 0 Å². The summed E-state index contributed by atoms with van der Waals surface area (Å²) < 4.78 is 5.25. The molecule has 2 aromatic rings. The lowest BCUT2D eigenvalue weighted by Crippen LogP contribution is -2.46. The van der Waals surface area contributed by atoms with Crippen LogP contribution in [0.2, 0.25) is 5.02 Å². The van der Waals surface area contributed by atoms with Gasteiger partial charge in [0.2, 0.25) is 11.8 Å². The van der Waals surface area contributed by atoms with E-state index < -0.39 is 6.04 Å². The predicted octanol–water partition coefficient (Wildman–Crippen LogP) is 3.44. The van der Waals surface area contributed by atoms with Crippen molar-refractivity contribution < 1.29 is 14.3 Å². The number of nitrogens with one attached hydrogen (secondary N) is 1. The molecule has 0 aliphatic carbocycles. The van der Waals surface area contributed by atoms with Gasteiger partial charge in [0.05, 0.1) is 7.11 Å². The Labute approximate surface area is 165 Å². The highest BCUT2D eigenvalue weighted by Crippen LogP contribution is 2.19. The summed E-state index contributed by atoms with van der Waals surface area (Å²) in [5.41, 5.74) is 1.82. The topological polar surface area (TPSA) is 58.6 Å². The molecule has 0 saturated heterocycles. The van der Waals surface area contributed by atoms with E-state index in [1.165, 1.54) is 0 Å². The lowest BCUT2D eigenvalue weighted by Gasteiger charge is -2.28. The number of ether oxygens (including phenoxy) is 1. The first-order valence-corrected chi connectivity index (χ1v) is 9.21. The van der Waals surface area contributed by atoms with Crippen LogP contribution in [0.15, 0.2) is 48.5 Å². The molecule has 6 heteroatoms. The van der Waals surface area contributed by atoms with Crippen molar-refractivity contribution in [2.75, 3.05) is 14.2 Å². The summed E-state index contributed by atoms with van der Waals surface area (Å²) in [5, 5.41) is 3.26. The molecule has 2 rings (SSSR count). The third-order valence-electron chi connectivity index (χ3n) is 4.47. The van der Waals surface area contributed by atoms with Crippen LogP contribution >= 0.6 is 11.6 Å². The Balaban J connectivity index is 2.16. The van der Waals surface area contributed by atoms with Crippen LogP contribution in [0.25, 0.3) is 0 Å². The molecule has 0 aromatic heterocycles. The third-order valence-corrected chi connectivity index (χ3v) is 4.84. The van der Waals surface area contributed by atoms with Gasteiger partial charge in [-0.3, -0.25) is 9.59 Å². The molecular formula is C21H25ClN2O3. The van der Waals surface area contributed by atoms with Crippen molar-refractivity contribution in [2.24, 2.45) is 0 Å². The minimum atomic E-state index is -0.583. The molecule has 1 atom stereocenters. The van der Waals surface area contributed by atoms with E-state index in [9.17, 15) is 9.59 Å². The maximum absolute atomic E-state index is 12.9. The highest BCUT2D eigenvalue weighted by Gasteiger charge is 2.25. The number of carbonyl (C=O) groups excluding carboxylic acids is 2. The largest absolute Gasteiger partial charge is 0.497 e. The van der Waals surface area contributed by atoms with Crippen molar-refractivity contribution in [3.8, 4) is 5.75 Å². The van der Waals surface area contributed by atoms with Gasteiger partial charge in [-0.25, -0.2) is 0 Å². The number of nitrogens with zero attached hydrogens (tertiary/aromatic N) is 1. The molecule has 0 saturated carbocycles. The number of benzene rings is 2. The molecule has 144 valence electrons. The van der Waals surface area contributed by atoms with Crippen molar-refractivity contribution in [1.82, 2.24) is 10.2 Å². The van der Waals surface area contributed by atoms with Crippen LogP contribution in [0.5, 0.6) is 5.75 Å². The molecule has 2 amide bonds. The van der Waals surface area contributed by atoms with Gasteiger partial charge in [0, 0.05) is 25.0 Å². The Bertz CT molecular complexity index is 795. The van der Waals surface area contributed by atoms with Crippen LogP contribution in [-0.2, 0) is 22.6 Å². The van der Waals surface area contributed by atoms with Crippen molar-refractivity contribution >= 4 is 23.4 Å². The van der Waals surface area contributed by atoms with Crippen LogP contribution in [-0.4, -0.2) is 36.9 Å². The molecular weight excluding hydrogens is 364 g/mol. The molecule has 5 nitrogen and oxygen atoms in total. The fourth-order valence-corrected chi connectivity index (χ4v) is 3.08. The van der Waals surface area contributed by atoms with Crippen molar-refractivity contribution in [3.63, 3.8) is 0 Å². The van der Waals surface area contributed by atoms with Gasteiger partial charge >= 0.3 is 0 Å². The summed E-state index contributed by atoms with van der Waals surface area (Å²) in [6, 6.07) is 14.4. The molecule has 0 fully saturated rings. The highest BCUT2D eigenvalue weighted by atomic mass is 35.5. The van der Waals surface area contributed by atoms with Gasteiger partial charge in [-0.05, 0) is 42.7 Å². The number of halogens is 1. The Morgan fingerprint density at radius 2 is 1.93 bits per heavy atom. The van der Waals surface area contributed by atoms with Gasteiger partial charge in [-0.1, -0.05) is 41.9 Å². The van der Waals surface area contributed by atoms with Gasteiger partial charge in [0.1, 0.15) is 11.8 Å². The van der Waals surface area contributed by atoms with Crippen LogP contribution in [0, 0.1) is 0 Å². The Kier molecular flexibility index (Phi) is 7.67. The van der Waals surface area contributed by atoms with E-state index in [2.05, 4.69) is 5.32 Å². The van der Waals surface area contributed by atoms with E-state index in [0.29, 0.717) is 23.7 Å². The maximum Gasteiger partial charge on any atom is 0.242 e. The lowest BCUT2D eigenvalue weighted by atomic mass is 10.1. The average molecular weight is 389 g/mol. The first-order valence-electron chi connectivity index (χ1n) is 8.83. The van der Waals surface area contributed by atoms with Gasteiger partial charge in [0.25, 0.3) is 0 Å². The lowest BCUT2D eigenvalue weighted by molar-refractivity contribution is -0.140. The van der Waals surface area contributed by atoms with E-state index >= 15 is 0 Å². The average Bonchev–Trinajstić information content (AvgIpc) is 2.70. The minimum Gasteiger partial charge on any atom is -0.497 e. The number of methoxy groups -OCH3 is 1. The predicted molar refractivity (Wildman–Crippen MR) is 107 cm³/mol. The Hall–Kier alpha value is -2.53. The normalized spacial score (nSPS) is 11.6. The van der Waals surface area contributed by atoms with E-state index in [1.807, 2.05) is 48.5 Å². The summed E-state index contributed by atoms with van der Waals surface area (Å²) in [6.45, 7) is 2.06. The molecule has 0 aliphatic heterocycles. The van der Waals surface area contributed by atoms with Crippen LogP contribution in [0.4, 0.5) is 0 Å². The summed E-state index contributed by atoms with van der Waals surface area (Å²) in [6.07, 6.45) is 0.794. The first kappa shape index (κ1) is 20.8. The smallest absolute Gasteiger partial charge is 0.242 e. The van der Waals surface area contributed by atoms with Crippen LogP contribution < -0.4 is 10.1 Å². The molecule has 0 unspecified atom stereocenters. The second-order valence-electron chi connectivity index (χ2n) is 6.25. The first-order chi connectivity index (χ1) is 13.0. The van der Waals surface area contributed by atoms with Crippen molar-refractivity contribution in [1.29, 1.82) is 0 Å². The Morgan fingerprint density at radius 1 is 1.19 bits per heavy atom. The summed E-state index contributed by atoms with van der Waals surface area (Å²) >= 11 is 6.18. The minimum absolute atomic E-state index is 0.103. The fourth-order valence-electron chi connectivity index (χ4n) is 2.85. The van der Waals surface area contributed by atoms with Gasteiger partial charge in [-0.2, -0.15) is 0 Å². The second-order valence-corrected chi connectivity index (χ2v) is 6.66. The molecule has 1 N–H and O–H groups in total. The summed E-state index contributed by atoms with van der Waals surface area (Å²) in [5.74, 6) is 0.404. The van der Waals surface area contributed by atoms with Gasteiger partial charge in [0.15, 0.2) is 0 Å². The number of likely N-dealkylation sites (N-methyl/N-ethyl adjacent to an activating group) is 1. The SMILES string of the molecule is CNC(=O)[C@H](C)N(Cc1cccc(OC)c1)C(=O)CCc1ccccc1Cl. The van der Waals surface area contributed by atoms with Gasteiger partial charge < -0.3 is 15.0 Å². The molecule has 0 heterocycles. The molecule has 27 heavy (non-hydrogen) atoms. The van der Waals surface area contributed by atoms with E-state index in [1.54, 1.807) is 26.0 Å². The standard InChI is InChI=1S/C21H25ClN2O3/c1-15(21(26)23-2)24(14-16-7-6-9-18(13-16)27-3)20(25)12-11-17-8-4-5-10-19(17)22/h4-10,13,15H,11-12,14H2,1-3H3,(H,23,26)/t15-/m0/s1. The fraction of sp³-hybridized carbons (Fsp3) is 0.333. The number of rotatable bonds is 8. The zero-order valence-corrected chi connectivity index (χ0v) is 16.6. The molecule has 0 aliphatic rings. The number of amides is 2. The van der Waals surface area contributed by atoms with Crippen LogP contribution in [0.1, 0.15) is 24.5 Å². The quantitative estimate of drug-likeness (QED) is 0.753. The summed E-state index contributed by atoms with van der Waals surface area (Å²) in [7, 11) is 3.16. The monoisotopic (exact) mass is 388 g/mol. The third kappa shape index (κ3) is 5.73. The van der Waals surface area contributed by atoms with E-state index in [-0.39, 0.29) is 18.2 Å². The number of carbonyl (C=O) groups is 2. The second kappa shape index (κ2) is 9.97. The van der Waals surface area contributed by atoms with E-state index in [0.717, 1.165) is 11.1 Å². The zero-order chi connectivity index (χ0) is 19.8. The molecule has 0 spiro atoms. The highest BCUT2D eigenvalue weighted by molar-refractivity contribution is 6.31. The van der Waals surface area contributed by atoms with E-state index in [4.69, 9.17) is 16.3 Å². The van der Waals surface area contributed by atoms with Crippen molar-refractivity contribution in [2.45, 2.75) is 32.4 Å². The van der Waals surface area contributed by atoms with Crippen LogP contribution in [0.3, 0.4) is 0 Å². The summed E-state index contributed by atoms with van der Waals surface area (Å²) in [4.78, 5) is 26.7. The Morgan fingerprint density at radius 3 is 2.59 bits per heavy atom. The molecule has 0 radical (unpaired) electrons.